The second-order valence-corrected chi connectivity index (χ2v) is 4.91. The maximum absolute atomic E-state index is 11.4. The largest absolute Gasteiger partial charge is 0.478 e. The first-order valence-electron chi connectivity index (χ1n) is 6.60. The quantitative estimate of drug-likeness (QED) is 0.845. The number of amides is 1. The molecule has 114 valence electrons. The van der Waals surface area contributed by atoms with Crippen LogP contribution in [-0.2, 0) is 9.59 Å². The monoisotopic (exact) mass is 301 g/mol. The highest BCUT2D eigenvalue weighted by Gasteiger charge is 2.23. The van der Waals surface area contributed by atoms with Crippen molar-refractivity contribution in [2.45, 2.75) is 19.4 Å². The fraction of sp³-hybridized carbons (Fsp3) is 0.188. The van der Waals surface area contributed by atoms with Crippen molar-refractivity contribution in [1.82, 2.24) is 0 Å². The Bertz CT molecular complexity index is 753. The molecule has 0 radical (unpaired) electrons. The van der Waals surface area contributed by atoms with Crippen molar-refractivity contribution in [3.63, 3.8) is 0 Å². The normalized spacial score (nSPS) is 11.9. The minimum atomic E-state index is -1.32. The van der Waals surface area contributed by atoms with E-state index < -0.39 is 18.0 Å². The van der Waals surface area contributed by atoms with E-state index >= 15 is 0 Å². The average molecular weight is 301 g/mol. The second kappa shape index (κ2) is 6.26. The van der Waals surface area contributed by atoms with Crippen molar-refractivity contribution in [3.05, 3.63) is 42.0 Å². The number of carbonyl (C=O) groups excluding carboxylic acids is 2. The van der Waals surface area contributed by atoms with E-state index in [2.05, 4.69) is 0 Å². The van der Waals surface area contributed by atoms with Gasteiger partial charge in [0.05, 0.1) is 6.42 Å². The van der Waals surface area contributed by atoms with Crippen LogP contribution in [0.4, 0.5) is 0 Å². The van der Waals surface area contributed by atoms with Gasteiger partial charge in [-0.2, -0.15) is 0 Å². The van der Waals surface area contributed by atoms with Gasteiger partial charge in [0.2, 0.25) is 12.0 Å². The Kier molecular flexibility index (Phi) is 4.41. The molecule has 3 N–H and O–H groups in total. The highest BCUT2D eigenvalue weighted by molar-refractivity contribution is 6.00. The molecule has 2 aromatic rings. The molecule has 0 aliphatic heterocycles. The zero-order chi connectivity index (χ0) is 16.3. The number of carbonyl (C=O) groups is 3. The van der Waals surface area contributed by atoms with E-state index in [-0.39, 0.29) is 23.5 Å². The molecule has 0 bridgehead atoms. The third kappa shape index (κ3) is 3.41. The van der Waals surface area contributed by atoms with Crippen LogP contribution in [0.2, 0.25) is 0 Å². The summed E-state index contributed by atoms with van der Waals surface area (Å²) in [5, 5.41) is 10.5. The minimum Gasteiger partial charge on any atom is -0.478 e. The van der Waals surface area contributed by atoms with Gasteiger partial charge in [-0.15, -0.1) is 0 Å². The molecule has 0 spiro atoms. The summed E-state index contributed by atoms with van der Waals surface area (Å²) >= 11 is 0. The van der Waals surface area contributed by atoms with Crippen LogP contribution in [0, 0.1) is 0 Å². The van der Waals surface area contributed by atoms with Gasteiger partial charge in [-0.1, -0.05) is 24.3 Å². The van der Waals surface area contributed by atoms with E-state index in [1.54, 1.807) is 30.3 Å². The number of carboxylic acids is 1. The number of hydrogen-bond acceptors (Lipinski definition) is 4. The number of nitrogens with two attached hydrogens (primary N) is 1. The summed E-state index contributed by atoms with van der Waals surface area (Å²) in [6, 6.07) is 10.0. The molecule has 1 amide bonds. The van der Waals surface area contributed by atoms with Gasteiger partial charge in [-0.25, -0.2) is 4.79 Å². The first-order valence-corrected chi connectivity index (χ1v) is 6.60. The topological polar surface area (TPSA) is 107 Å². The molecule has 2 aromatic carbocycles. The van der Waals surface area contributed by atoms with Crippen molar-refractivity contribution in [1.29, 1.82) is 0 Å². The molecule has 2 rings (SSSR count). The van der Waals surface area contributed by atoms with Gasteiger partial charge in [-0.3, -0.25) is 9.59 Å². The van der Waals surface area contributed by atoms with E-state index in [4.69, 9.17) is 15.6 Å². The van der Waals surface area contributed by atoms with Crippen molar-refractivity contribution in [2.75, 3.05) is 0 Å². The molecule has 6 nitrogen and oxygen atoms in total. The van der Waals surface area contributed by atoms with Crippen molar-refractivity contribution < 1.29 is 24.2 Å². The maximum Gasteiger partial charge on any atom is 0.345 e. The van der Waals surface area contributed by atoms with E-state index in [1.165, 1.54) is 13.0 Å². The van der Waals surface area contributed by atoms with Gasteiger partial charge in [0.15, 0.2) is 0 Å². The zero-order valence-corrected chi connectivity index (χ0v) is 11.9. The van der Waals surface area contributed by atoms with Crippen molar-refractivity contribution >= 4 is 28.4 Å². The van der Waals surface area contributed by atoms with Crippen LogP contribution in [0.3, 0.4) is 0 Å². The average Bonchev–Trinajstić information content (AvgIpc) is 2.45. The van der Waals surface area contributed by atoms with E-state index in [0.29, 0.717) is 10.8 Å². The molecular weight excluding hydrogens is 286 g/mol. The highest BCUT2D eigenvalue weighted by atomic mass is 16.5. The Labute approximate surface area is 126 Å². The summed E-state index contributed by atoms with van der Waals surface area (Å²) in [6.45, 7) is 1.29. The Balaban J connectivity index is 2.50. The first kappa shape index (κ1) is 15.5. The number of hydrogen-bond donors (Lipinski definition) is 2. The summed E-state index contributed by atoms with van der Waals surface area (Å²) in [5.74, 6) is -1.99. The molecule has 0 aliphatic rings. The van der Waals surface area contributed by atoms with Crippen LogP contribution < -0.4 is 10.5 Å². The summed E-state index contributed by atoms with van der Waals surface area (Å²) in [7, 11) is 0. The molecule has 1 unspecified atom stereocenters. The molecule has 0 saturated heterocycles. The third-order valence-electron chi connectivity index (χ3n) is 3.13. The molecular formula is C16H15NO5. The van der Waals surface area contributed by atoms with Gasteiger partial charge in [0.25, 0.3) is 0 Å². The van der Waals surface area contributed by atoms with E-state index in [0.717, 1.165) is 0 Å². The van der Waals surface area contributed by atoms with Gasteiger partial charge >= 0.3 is 5.97 Å². The lowest BCUT2D eigenvalue weighted by molar-refractivity contribution is -0.147. The number of carboxylic acid groups (broad SMARTS) is 1. The Morgan fingerprint density at radius 3 is 2.50 bits per heavy atom. The molecule has 0 aromatic heterocycles. The molecule has 22 heavy (non-hydrogen) atoms. The Morgan fingerprint density at radius 1 is 1.23 bits per heavy atom. The van der Waals surface area contributed by atoms with Crippen molar-refractivity contribution in [2.24, 2.45) is 5.73 Å². The van der Waals surface area contributed by atoms with Crippen LogP contribution in [-0.4, -0.2) is 28.9 Å². The first-order chi connectivity index (χ1) is 10.4. The van der Waals surface area contributed by atoms with Gasteiger partial charge < -0.3 is 15.6 Å². The molecule has 1 atom stereocenters. The summed E-state index contributed by atoms with van der Waals surface area (Å²) < 4.78 is 5.46. The van der Waals surface area contributed by atoms with Crippen LogP contribution in [0.5, 0.6) is 5.75 Å². The number of Topliss-reactive ketones (excluding diaryl/α,β-unsaturated/α-hetero) is 1. The number of ketones is 1. The van der Waals surface area contributed by atoms with Gasteiger partial charge in [0, 0.05) is 10.9 Å². The minimum absolute atomic E-state index is 0.209. The van der Waals surface area contributed by atoms with Crippen LogP contribution in [0.1, 0.15) is 23.7 Å². The summed E-state index contributed by atoms with van der Waals surface area (Å²) in [6.07, 6.45) is -1.58. The number of benzene rings is 2. The molecule has 6 heteroatoms. The molecule has 0 saturated carbocycles. The van der Waals surface area contributed by atoms with Gasteiger partial charge in [-0.05, 0) is 24.4 Å². The fourth-order valence-electron chi connectivity index (χ4n) is 2.11. The summed E-state index contributed by atoms with van der Waals surface area (Å²) in [4.78, 5) is 33.8. The molecule has 0 heterocycles. The lowest BCUT2D eigenvalue weighted by Crippen LogP contribution is -2.29. The smallest absolute Gasteiger partial charge is 0.345 e. The van der Waals surface area contributed by atoms with Gasteiger partial charge in [0.1, 0.15) is 11.5 Å². The second-order valence-electron chi connectivity index (χ2n) is 4.91. The lowest BCUT2D eigenvalue weighted by Gasteiger charge is -2.16. The predicted molar refractivity (Wildman–Crippen MR) is 79.8 cm³/mol. The highest BCUT2D eigenvalue weighted by Crippen LogP contribution is 2.29. The van der Waals surface area contributed by atoms with Crippen LogP contribution >= 0.6 is 0 Å². The lowest BCUT2D eigenvalue weighted by atomic mass is 10.1. The number of ether oxygens (including phenoxy) is 1. The molecule has 0 aliphatic carbocycles. The van der Waals surface area contributed by atoms with E-state index in [1.807, 2.05) is 0 Å². The molecule has 0 fully saturated rings. The van der Waals surface area contributed by atoms with Crippen LogP contribution in [0.15, 0.2) is 36.4 Å². The standard InChI is InChI=1S/C16H15NO5/c1-9(18)6-14(16(20)21)22-13-8-11(15(17)19)7-10-4-2-3-5-12(10)13/h2-5,7-8,14H,6H2,1H3,(H2,17,19)(H,20,21). The number of fused-ring (bicyclic) bond motifs is 1. The van der Waals surface area contributed by atoms with Crippen LogP contribution in [0.25, 0.3) is 10.8 Å². The third-order valence-corrected chi connectivity index (χ3v) is 3.13. The van der Waals surface area contributed by atoms with E-state index in [9.17, 15) is 14.4 Å². The Hall–Kier alpha value is -2.89. The maximum atomic E-state index is 11.4. The fourth-order valence-corrected chi connectivity index (χ4v) is 2.11. The predicted octanol–water partition coefficient (Wildman–Crippen LogP) is 1.75. The SMILES string of the molecule is CC(=O)CC(Oc1cc(C(N)=O)cc2ccccc12)C(=O)O. The van der Waals surface area contributed by atoms with Crippen molar-refractivity contribution in [3.8, 4) is 5.75 Å². The number of aliphatic carboxylic acids is 1. The Morgan fingerprint density at radius 2 is 1.91 bits per heavy atom. The summed E-state index contributed by atoms with van der Waals surface area (Å²) in [5.41, 5.74) is 5.49. The number of rotatable bonds is 6. The number of primary amides is 1. The zero-order valence-electron chi connectivity index (χ0n) is 11.9.